The monoisotopic (exact) mass is 250 g/mol. The van der Waals surface area contributed by atoms with Gasteiger partial charge in [-0.1, -0.05) is 19.3 Å². The molecule has 18 heavy (non-hydrogen) atoms. The Balaban J connectivity index is 1.87. The van der Waals surface area contributed by atoms with E-state index in [0.29, 0.717) is 25.3 Å². The lowest BCUT2D eigenvalue weighted by molar-refractivity contribution is -0.118. The molecule has 1 aromatic rings. The van der Waals surface area contributed by atoms with Gasteiger partial charge in [0.25, 0.3) is 0 Å². The number of aliphatic hydroxyl groups is 1. The van der Waals surface area contributed by atoms with Crippen LogP contribution in [0.2, 0.25) is 0 Å². The number of hydrogen-bond donors (Lipinski definition) is 1. The highest BCUT2D eigenvalue weighted by Crippen LogP contribution is 2.27. The lowest BCUT2D eigenvalue weighted by Gasteiger charge is -2.21. The van der Waals surface area contributed by atoms with E-state index < -0.39 is 0 Å². The zero-order chi connectivity index (χ0) is 12.8. The lowest BCUT2D eigenvalue weighted by atomic mass is 9.96. The summed E-state index contributed by atoms with van der Waals surface area (Å²) in [5.74, 6) is 0.165. The van der Waals surface area contributed by atoms with Crippen molar-refractivity contribution in [1.82, 2.24) is 9.78 Å². The van der Waals surface area contributed by atoms with E-state index in [1.54, 1.807) is 0 Å². The lowest BCUT2D eigenvalue weighted by Crippen LogP contribution is -2.14. The van der Waals surface area contributed by atoms with Gasteiger partial charge >= 0.3 is 0 Å². The molecule has 0 bridgehead atoms. The van der Waals surface area contributed by atoms with Gasteiger partial charge in [0.2, 0.25) is 0 Å². The van der Waals surface area contributed by atoms with E-state index in [-0.39, 0.29) is 12.4 Å². The van der Waals surface area contributed by atoms with Crippen LogP contribution in [0.4, 0.5) is 0 Å². The van der Waals surface area contributed by atoms with Gasteiger partial charge in [-0.15, -0.1) is 0 Å². The van der Waals surface area contributed by atoms with Crippen LogP contribution in [0.5, 0.6) is 0 Å². The maximum absolute atomic E-state index is 11.6. The molecule has 1 saturated carbocycles. The van der Waals surface area contributed by atoms with Gasteiger partial charge < -0.3 is 5.11 Å². The molecule has 0 aliphatic heterocycles. The van der Waals surface area contributed by atoms with Crippen molar-refractivity contribution in [3.8, 4) is 0 Å². The molecule has 0 atom stereocenters. The van der Waals surface area contributed by atoms with E-state index in [0.717, 1.165) is 5.69 Å². The highest BCUT2D eigenvalue weighted by atomic mass is 16.3. The summed E-state index contributed by atoms with van der Waals surface area (Å²) in [4.78, 5) is 11.6. The second kappa shape index (κ2) is 6.69. The van der Waals surface area contributed by atoms with Crippen LogP contribution in [0.3, 0.4) is 0 Å². The molecule has 4 heteroatoms. The molecule has 1 aliphatic carbocycles. The van der Waals surface area contributed by atoms with Gasteiger partial charge in [-0.25, -0.2) is 0 Å². The smallest absolute Gasteiger partial charge is 0.139 e. The van der Waals surface area contributed by atoms with Gasteiger partial charge in [0.15, 0.2) is 0 Å². The molecule has 1 aliphatic rings. The maximum atomic E-state index is 11.6. The number of carbonyl (C=O) groups is 1. The minimum atomic E-state index is 0.0856. The SMILES string of the molecule is O=C(CCCO)Cc1ccn(C2CCCCC2)n1. The van der Waals surface area contributed by atoms with Crippen molar-refractivity contribution in [3.63, 3.8) is 0 Å². The minimum Gasteiger partial charge on any atom is -0.396 e. The first kappa shape index (κ1) is 13.3. The number of aliphatic hydroxyl groups excluding tert-OH is 1. The van der Waals surface area contributed by atoms with Crippen LogP contribution in [0.25, 0.3) is 0 Å². The zero-order valence-electron chi connectivity index (χ0n) is 10.8. The average molecular weight is 250 g/mol. The predicted octanol–water partition coefficient (Wildman–Crippen LogP) is 2.27. The van der Waals surface area contributed by atoms with Crippen LogP contribution in [0.15, 0.2) is 12.3 Å². The number of nitrogens with zero attached hydrogens (tertiary/aromatic N) is 2. The van der Waals surface area contributed by atoms with Gasteiger partial charge in [-0.2, -0.15) is 5.10 Å². The van der Waals surface area contributed by atoms with Crippen LogP contribution in [0, 0.1) is 0 Å². The summed E-state index contributed by atoms with van der Waals surface area (Å²) in [6.45, 7) is 0.0856. The Morgan fingerprint density at radius 2 is 2.17 bits per heavy atom. The van der Waals surface area contributed by atoms with Crippen molar-refractivity contribution < 1.29 is 9.90 Å². The first-order valence-corrected chi connectivity index (χ1v) is 6.96. The molecule has 0 amide bonds. The summed E-state index contributed by atoms with van der Waals surface area (Å²) in [5.41, 5.74) is 0.864. The summed E-state index contributed by atoms with van der Waals surface area (Å²) >= 11 is 0. The predicted molar refractivity (Wildman–Crippen MR) is 69.4 cm³/mol. The Morgan fingerprint density at radius 1 is 1.39 bits per heavy atom. The quantitative estimate of drug-likeness (QED) is 0.842. The second-order valence-corrected chi connectivity index (χ2v) is 5.12. The molecule has 2 rings (SSSR count). The van der Waals surface area contributed by atoms with Crippen LogP contribution in [0.1, 0.15) is 56.7 Å². The Kier molecular flexibility index (Phi) is 4.93. The van der Waals surface area contributed by atoms with E-state index in [4.69, 9.17) is 5.11 Å². The van der Waals surface area contributed by atoms with Crippen LogP contribution >= 0.6 is 0 Å². The van der Waals surface area contributed by atoms with Gasteiger partial charge in [0.05, 0.1) is 18.2 Å². The third-order valence-electron chi connectivity index (χ3n) is 3.60. The summed E-state index contributed by atoms with van der Waals surface area (Å²) in [6.07, 6.45) is 9.74. The fourth-order valence-electron chi connectivity index (χ4n) is 2.59. The van der Waals surface area contributed by atoms with Gasteiger partial charge in [-0.3, -0.25) is 9.48 Å². The third kappa shape index (κ3) is 3.67. The van der Waals surface area contributed by atoms with E-state index in [2.05, 4.69) is 5.10 Å². The summed E-state index contributed by atoms with van der Waals surface area (Å²) < 4.78 is 2.04. The van der Waals surface area contributed by atoms with E-state index in [1.807, 2.05) is 16.9 Å². The van der Waals surface area contributed by atoms with Crippen molar-refractivity contribution in [2.45, 2.75) is 57.4 Å². The molecule has 0 aromatic carbocycles. The number of rotatable bonds is 6. The van der Waals surface area contributed by atoms with Crippen molar-refractivity contribution in [2.24, 2.45) is 0 Å². The Bertz CT molecular complexity index is 381. The highest BCUT2D eigenvalue weighted by Gasteiger charge is 2.16. The van der Waals surface area contributed by atoms with Crippen molar-refractivity contribution in [2.75, 3.05) is 6.61 Å². The molecule has 0 saturated heterocycles. The number of carbonyl (C=O) groups excluding carboxylic acids is 1. The molecule has 4 nitrogen and oxygen atoms in total. The molecule has 1 aromatic heterocycles. The number of Topliss-reactive ketones (excluding diaryl/α,β-unsaturated/α-hetero) is 1. The molecule has 1 heterocycles. The van der Waals surface area contributed by atoms with Gasteiger partial charge in [-0.05, 0) is 25.3 Å². The third-order valence-corrected chi connectivity index (χ3v) is 3.60. The Hall–Kier alpha value is -1.16. The number of aromatic nitrogens is 2. The van der Waals surface area contributed by atoms with Crippen LogP contribution in [-0.2, 0) is 11.2 Å². The second-order valence-electron chi connectivity index (χ2n) is 5.12. The minimum absolute atomic E-state index is 0.0856. The largest absolute Gasteiger partial charge is 0.396 e. The van der Waals surface area contributed by atoms with E-state index in [1.165, 1.54) is 32.1 Å². The Labute approximate surface area is 108 Å². The highest BCUT2D eigenvalue weighted by molar-refractivity contribution is 5.80. The van der Waals surface area contributed by atoms with Crippen LogP contribution < -0.4 is 0 Å². The molecule has 0 radical (unpaired) electrons. The normalized spacial score (nSPS) is 16.9. The Morgan fingerprint density at radius 3 is 2.89 bits per heavy atom. The molecule has 0 spiro atoms. The van der Waals surface area contributed by atoms with Gasteiger partial charge in [0.1, 0.15) is 5.78 Å². The van der Waals surface area contributed by atoms with Crippen LogP contribution in [-0.4, -0.2) is 27.3 Å². The zero-order valence-corrected chi connectivity index (χ0v) is 10.8. The van der Waals surface area contributed by atoms with E-state index >= 15 is 0 Å². The molecule has 1 fully saturated rings. The van der Waals surface area contributed by atoms with E-state index in [9.17, 15) is 4.79 Å². The van der Waals surface area contributed by atoms with Crippen molar-refractivity contribution in [3.05, 3.63) is 18.0 Å². The first-order chi connectivity index (χ1) is 8.79. The average Bonchev–Trinajstić information content (AvgIpc) is 2.86. The van der Waals surface area contributed by atoms with Crippen molar-refractivity contribution in [1.29, 1.82) is 0 Å². The fraction of sp³-hybridized carbons (Fsp3) is 0.714. The molecule has 100 valence electrons. The number of hydrogen-bond acceptors (Lipinski definition) is 3. The molecule has 1 N–H and O–H groups in total. The number of ketones is 1. The topological polar surface area (TPSA) is 55.1 Å². The standard InChI is InChI=1S/C14H22N2O2/c17-10-4-7-14(18)11-12-8-9-16(15-12)13-5-2-1-3-6-13/h8-9,13,17H,1-7,10-11H2. The maximum Gasteiger partial charge on any atom is 0.139 e. The van der Waals surface area contributed by atoms with Gasteiger partial charge in [0, 0.05) is 19.2 Å². The van der Waals surface area contributed by atoms with Crippen molar-refractivity contribution >= 4 is 5.78 Å². The summed E-state index contributed by atoms with van der Waals surface area (Å²) in [6, 6.07) is 2.48. The summed E-state index contributed by atoms with van der Waals surface area (Å²) in [7, 11) is 0. The molecule has 0 unspecified atom stereocenters. The molecular weight excluding hydrogens is 228 g/mol. The fourth-order valence-corrected chi connectivity index (χ4v) is 2.59. The first-order valence-electron chi connectivity index (χ1n) is 6.96. The summed E-state index contributed by atoms with van der Waals surface area (Å²) in [5, 5.41) is 13.2. The molecular formula is C14H22N2O2.